The van der Waals surface area contributed by atoms with E-state index in [0.29, 0.717) is 11.1 Å². The van der Waals surface area contributed by atoms with Crippen molar-refractivity contribution in [2.45, 2.75) is 19.7 Å². The van der Waals surface area contributed by atoms with Gasteiger partial charge in [0.25, 0.3) is 6.47 Å². The molecule has 0 aliphatic heterocycles. The molecule has 0 spiro atoms. The Bertz CT molecular complexity index is 569. The van der Waals surface area contributed by atoms with Crippen LogP contribution in [0.5, 0.6) is 5.88 Å². The van der Waals surface area contributed by atoms with Crippen molar-refractivity contribution in [3.63, 3.8) is 0 Å². The van der Waals surface area contributed by atoms with Gasteiger partial charge in [0.15, 0.2) is 12.3 Å². The van der Waals surface area contributed by atoms with Crippen molar-refractivity contribution in [1.82, 2.24) is 4.57 Å². The molecule has 0 fully saturated rings. The van der Waals surface area contributed by atoms with Crippen LogP contribution in [0.3, 0.4) is 0 Å². The molecule has 0 unspecified atom stereocenters. The van der Waals surface area contributed by atoms with Crippen LogP contribution in [0.2, 0.25) is 0 Å². The van der Waals surface area contributed by atoms with E-state index in [9.17, 15) is 9.59 Å². The average Bonchev–Trinajstić information content (AvgIpc) is 2.87. The Morgan fingerprint density at radius 2 is 2.44 bits per heavy atom. The first-order valence-corrected chi connectivity index (χ1v) is 5.22. The summed E-state index contributed by atoms with van der Waals surface area (Å²) >= 11 is 0. The van der Waals surface area contributed by atoms with Gasteiger partial charge in [-0.15, -0.1) is 0 Å². The van der Waals surface area contributed by atoms with Crippen LogP contribution in [0, 0.1) is 0 Å². The van der Waals surface area contributed by atoms with Gasteiger partial charge < -0.3 is 19.6 Å². The molecule has 7 heteroatoms. The molecule has 7 nitrogen and oxygen atoms in total. The molecule has 2 N–H and O–H groups in total. The average molecular weight is 252 g/mol. The molecule has 0 amide bonds. The molecule has 0 aliphatic carbocycles. The van der Waals surface area contributed by atoms with Crippen LogP contribution in [0.25, 0.3) is 11.1 Å². The topological polar surface area (TPSA) is 96.7 Å². The standard InChI is InChI=1S/C11H12N2O5/c1-7(12)11(15)17-5-13-8-2-3-16-9(8)4-10(13)18-6-14/h2-4,6-7H,5,12H2,1H3/t7-/m0/s1. The zero-order valence-corrected chi connectivity index (χ0v) is 9.66. The van der Waals surface area contributed by atoms with E-state index < -0.39 is 12.0 Å². The Morgan fingerprint density at radius 3 is 3.11 bits per heavy atom. The molecular formula is C11H12N2O5. The highest BCUT2D eigenvalue weighted by molar-refractivity contribution is 5.78. The summed E-state index contributed by atoms with van der Waals surface area (Å²) in [6.07, 6.45) is 1.49. The number of ether oxygens (including phenoxy) is 2. The smallest absolute Gasteiger partial charge is 0.324 e. The lowest BCUT2D eigenvalue weighted by Crippen LogP contribution is -2.29. The van der Waals surface area contributed by atoms with Gasteiger partial charge in [-0.1, -0.05) is 0 Å². The summed E-state index contributed by atoms with van der Waals surface area (Å²) < 4.78 is 16.4. The van der Waals surface area contributed by atoms with Crippen LogP contribution in [0.4, 0.5) is 0 Å². The van der Waals surface area contributed by atoms with Crippen molar-refractivity contribution < 1.29 is 23.5 Å². The number of furan rings is 1. The van der Waals surface area contributed by atoms with Crippen LogP contribution < -0.4 is 10.5 Å². The Kier molecular flexibility index (Phi) is 3.33. The SMILES string of the molecule is C[C@H](N)C(=O)OCn1c(OC=O)cc2occc21. The lowest BCUT2D eigenvalue weighted by Gasteiger charge is -2.10. The summed E-state index contributed by atoms with van der Waals surface area (Å²) in [7, 11) is 0. The number of nitrogens with zero attached hydrogens (tertiary/aromatic N) is 1. The zero-order valence-electron chi connectivity index (χ0n) is 9.66. The fraction of sp³-hybridized carbons (Fsp3) is 0.273. The molecule has 0 radical (unpaired) electrons. The second-order valence-corrected chi connectivity index (χ2v) is 3.68. The molecular weight excluding hydrogens is 240 g/mol. The molecule has 0 aromatic carbocycles. The van der Waals surface area contributed by atoms with Gasteiger partial charge in [0.05, 0.1) is 11.8 Å². The first-order valence-electron chi connectivity index (χ1n) is 5.22. The maximum atomic E-state index is 11.3. The molecule has 2 heterocycles. The van der Waals surface area contributed by atoms with Crippen LogP contribution in [0.1, 0.15) is 6.92 Å². The zero-order chi connectivity index (χ0) is 13.1. The minimum atomic E-state index is -0.712. The summed E-state index contributed by atoms with van der Waals surface area (Å²) in [6, 6.07) is 2.49. The summed E-state index contributed by atoms with van der Waals surface area (Å²) in [5.74, 6) is -0.311. The maximum absolute atomic E-state index is 11.3. The first-order chi connectivity index (χ1) is 8.63. The number of hydrogen-bond acceptors (Lipinski definition) is 6. The van der Waals surface area contributed by atoms with Crippen molar-refractivity contribution in [3.8, 4) is 5.88 Å². The quantitative estimate of drug-likeness (QED) is 0.618. The van der Waals surface area contributed by atoms with Crippen molar-refractivity contribution in [1.29, 1.82) is 0 Å². The van der Waals surface area contributed by atoms with Gasteiger partial charge in [0.1, 0.15) is 6.04 Å². The molecule has 96 valence electrons. The van der Waals surface area contributed by atoms with Crippen LogP contribution in [-0.2, 0) is 21.1 Å². The third-order valence-electron chi connectivity index (χ3n) is 2.36. The number of carbonyl (C=O) groups excluding carboxylic acids is 2. The van der Waals surface area contributed by atoms with E-state index in [-0.39, 0.29) is 19.1 Å². The van der Waals surface area contributed by atoms with Crippen molar-refractivity contribution in [2.75, 3.05) is 0 Å². The van der Waals surface area contributed by atoms with Crippen LogP contribution in [-0.4, -0.2) is 23.1 Å². The number of aromatic nitrogens is 1. The third-order valence-corrected chi connectivity index (χ3v) is 2.36. The first kappa shape index (κ1) is 12.2. The fourth-order valence-electron chi connectivity index (χ4n) is 1.49. The number of nitrogens with two attached hydrogens (primary N) is 1. The molecule has 0 saturated heterocycles. The second kappa shape index (κ2) is 4.92. The Morgan fingerprint density at radius 1 is 1.67 bits per heavy atom. The van der Waals surface area contributed by atoms with Crippen LogP contribution in [0.15, 0.2) is 22.8 Å². The van der Waals surface area contributed by atoms with E-state index in [0.717, 1.165) is 0 Å². The van der Waals surface area contributed by atoms with E-state index in [1.54, 1.807) is 6.07 Å². The molecule has 0 bridgehead atoms. The summed E-state index contributed by atoms with van der Waals surface area (Å²) in [6.45, 7) is 1.71. The molecule has 0 saturated carbocycles. The van der Waals surface area contributed by atoms with Crippen molar-refractivity contribution >= 4 is 23.5 Å². The number of esters is 1. The molecule has 18 heavy (non-hydrogen) atoms. The van der Waals surface area contributed by atoms with Gasteiger partial charge in [-0.3, -0.25) is 14.2 Å². The van der Waals surface area contributed by atoms with Gasteiger partial charge in [0.2, 0.25) is 5.88 Å². The van der Waals surface area contributed by atoms with Gasteiger partial charge in [-0.2, -0.15) is 0 Å². The van der Waals surface area contributed by atoms with E-state index in [1.165, 1.54) is 23.8 Å². The van der Waals surface area contributed by atoms with Crippen LogP contribution >= 0.6 is 0 Å². The van der Waals surface area contributed by atoms with Crippen molar-refractivity contribution in [3.05, 3.63) is 18.4 Å². The number of rotatable bonds is 5. The van der Waals surface area contributed by atoms with E-state index in [4.69, 9.17) is 19.6 Å². The number of hydrogen-bond donors (Lipinski definition) is 1. The molecule has 1 atom stereocenters. The fourth-order valence-corrected chi connectivity index (χ4v) is 1.49. The molecule has 2 aromatic heterocycles. The minimum Gasteiger partial charge on any atom is -0.463 e. The predicted octanol–water partition coefficient (Wildman–Crippen LogP) is 0.617. The van der Waals surface area contributed by atoms with Gasteiger partial charge >= 0.3 is 5.97 Å². The van der Waals surface area contributed by atoms with Gasteiger partial charge in [0, 0.05) is 12.1 Å². The Labute approximate surface area is 102 Å². The Hall–Kier alpha value is -2.28. The van der Waals surface area contributed by atoms with Gasteiger partial charge in [-0.05, 0) is 6.92 Å². The molecule has 0 aliphatic rings. The van der Waals surface area contributed by atoms with Crippen molar-refractivity contribution in [2.24, 2.45) is 5.73 Å². The van der Waals surface area contributed by atoms with E-state index >= 15 is 0 Å². The lowest BCUT2D eigenvalue weighted by molar-refractivity contribution is -0.148. The van der Waals surface area contributed by atoms with Gasteiger partial charge in [-0.25, -0.2) is 0 Å². The highest BCUT2D eigenvalue weighted by Crippen LogP contribution is 2.26. The largest absolute Gasteiger partial charge is 0.463 e. The summed E-state index contributed by atoms with van der Waals surface area (Å²) in [4.78, 5) is 21.7. The lowest BCUT2D eigenvalue weighted by atomic mass is 10.4. The normalized spacial score (nSPS) is 12.3. The van der Waals surface area contributed by atoms with E-state index in [2.05, 4.69) is 0 Å². The summed E-state index contributed by atoms with van der Waals surface area (Å²) in [5.41, 5.74) is 6.56. The van der Waals surface area contributed by atoms with E-state index in [1.807, 2.05) is 0 Å². The number of carbonyl (C=O) groups is 2. The predicted molar refractivity (Wildman–Crippen MR) is 60.6 cm³/mol. The number of fused-ring (bicyclic) bond motifs is 1. The Balaban J connectivity index is 2.23. The molecule has 2 aromatic rings. The monoisotopic (exact) mass is 252 g/mol. The molecule has 2 rings (SSSR count). The highest BCUT2D eigenvalue weighted by Gasteiger charge is 2.15. The minimum absolute atomic E-state index is 0.105. The second-order valence-electron chi connectivity index (χ2n) is 3.68. The third kappa shape index (κ3) is 2.21. The summed E-state index contributed by atoms with van der Waals surface area (Å²) in [5, 5.41) is 0. The maximum Gasteiger partial charge on any atom is 0.324 e. The highest BCUT2D eigenvalue weighted by atomic mass is 16.6.